The van der Waals surface area contributed by atoms with Crippen molar-refractivity contribution in [3.8, 4) is 0 Å². The lowest BCUT2D eigenvalue weighted by Gasteiger charge is -2.15. The number of oxime groups is 1. The fraction of sp³-hybridized carbons (Fsp3) is 0.143. The van der Waals surface area contributed by atoms with E-state index in [2.05, 4.69) is 5.16 Å². The number of nitrogens with zero attached hydrogens (tertiary/aromatic N) is 1. The molecule has 0 saturated heterocycles. The minimum atomic E-state index is -0.980. The van der Waals surface area contributed by atoms with E-state index in [1.54, 1.807) is 31.2 Å². The number of hydrogen-bond acceptors (Lipinski definition) is 4. The van der Waals surface area contributed by atoms with Crippen molar-refractivity contribution < 1.29 is 14.7 Å². The summed E-state index contributed by atoms with van der Waals surface area (Å²) in [4.78, 5) is 17.4. The summed E-state index contributed by atoms with van der Waals surface area (Å²) in [5.74, 6) is -0.980. The lowest BCUT2D eigenvalue weighted by molar-refractivity contribution is 0.0702. The second-order valence-corrected chi connectivity index (χ2v) is 5.98. The molecule has 0 aliphatic heterocycles. The molecule has 1 unspecified atom stereocenters. The van der Waals surface area contributed by atoms with Gasteiger partial charge in [0.05, 0.1) is 4.88 Å². The predicted molar refractivity (Wildman–Crippen MR) is 84.8 cm³/mol. The third-order valence-electron chi connectivity index (χ3n) is 2.61. The van der Waals surface area contributed by atoms with Gasteiger partial charge >= 0.3 is 5.97 Å². The number of thiophene rings is 1. The van der Waals surface area contributed by atoms with Crippen LogP contribution in [0, 0.1) is 0 Å². The molecule has 1 atom stereocenters. The zero-order chi connectivity index (χ0) is 15.4. The van der Waals surface area contributed by atoms with E-state index >= 15 is 0 Å². The van der Waals surface area contributed by atoms with Crippen LogP contribution in [0.1, 0.15) is 33.1 Å². The first-order valence-corrected chi connectivity index (χ1v) is 7.52. The quantitative estimate of drug-likeness (QED) is 0.622. The number of benzene rings is 1. The first-order chi connectivity index (χ1) is 10.0. The summed E-state index contributed by atoms with van der Waals surface area (Å²) >= 11 is 13.2. The maximum atomic E-state index is 11.0. The van der Waals surface area contributed by atoms with Gasteiger partial charge in [0.2, 0.25) is 0 Å². The van der Waals surface area contributed by atoms with E-state index in [0.29, 0.717) is 20.5 Å². The highest BCUT2D eigenvalue weighted by Gasteiger charge is 2.22. The van der Waals surface area contributed by atoms with Crippen LogP contribution in [0.2, 0.25) is 10.0 Å². The summed E-state index contributed by atoms with van der Waals surface area (Å²) in [5.41, 5.74) is 0.672. The van der Waals surface area contributed by atoms with E-state index in [0.717, 1.165) is 11.3 Å². The average Bonchev–Trinajstić information content (AvgIpc) is 2.91. The minimum Gasteiger partial charge on any atom is -0.477 e. The molecule has 0 aliphatic carbocycles. The molecule has 21 heavy (non-hydrogen) atoms. The van der Waals surface area contributed by atoms with Crippen LogP contribution in [-0.2, 0) is 4.84 Å². The molecule has 2 aromatic rings. The van der Waals surface area contributed by atoms with E-state index in [1.165, 1.54) is 12.3 Å². The van der Waals surface area contributed by atoms with Crippen LogP contribution in [0.15, 0.2) is 35.5 Å². The Hall–Kier alpha value is -1.56. The van der Waals surface area contributed by atoms with Gasteiger partial charge in [-0.15, -0.1) is 11.3 Å². The number of rotatable bonds is 5. The zero-order valence-electron chi connectivity index (χ0n) is 10.9. The van der Waals surface area contributed by atoms with Gasteiger partial charge in [-0.05, 0) is 31.2 Å². The van der Waals surface area contributed by atoms with E-state index in [4.69, 9.17) is 33.1 Å². The summed E-state index contributed by atoms with van der Waals surface area (Å²) in [6.45, 7) is 1.72. The molecular formula is C14H11Cl2NO3S. The van der Waals surface area contributed by atoms with Crippen molar-refractivity contribution >= 4 is 46.7 Å². The van der Waals surface area contributed by atoms with Crippen molar-refractivity contribution in [3.63, 3.8) is 0 Å². The SMILES string of the molecule is CC=NOC(c1ccc(C(=O)O)s1)c1ccc(Cl)cc1Cl. The molecule has 0 amide bonds. The van der Waals surface area contributed by atoms with Crippen molar-refractivity contribution in [2.24, 2.45) is 5.16 Å². The predicted octanol–water partition coefficient (Wildman–Crippen LogP) is 4.86. The molecule has 0 saturated carbocycles. The van der Waals surface area contributed by atoms with E-state index < -0.39 is 12.1 Å². The van der Waals surface area contributed by atoms with Gasteiger partial charge in [0.25, 0.3) is 0 Å². The molecule has 7 heteroatoms. The number of aromatic carboxylic acids is 1. The van der Waals surface area contributed by atoms with Gasteiger partial charge in [-0.3, -0.25) is 0 Å². The number of carboxylic acids is 1. The van der Waals surface area contributed by atoms with Crippen molar-refractivity contribution in [1.29, 1.82) is 0 Å². The van der Waals surface area contributed by atoms with Crippen LogP contribution in [0.3, 0.4) is 0 Å². The van der Waals surface area contributed by atoms with E-state index in [1.807, 2.05) is 0 Å². The normalized spacial score (nSPS) is 12.5. The molecule has 0 bridgehead atoms. The highest BCUT2D eigenvalue weighted by atomic mass is 35.5. The number of carbonyl (C=O) groups is 1. The topological polar surface area (TPSA) is 58.9 Å². The highest BCUT2D eigenvalue weighted by molar-refractivity contribution is 7.14. The standard InChI is InChI=1S/C14H11Cl2NO3S/c1-2-17-20-13(9-4-3-8(15)7-10(9)16)11-5-6-12(21-11)14(18)19/h2-7,13H,1H3,(H,18,19). The first-order valence-electron chi connectivity index (χ1n) is 5.94. The molecule has 0 radical (unpaired) electrons. The lowest BCUT2D eigenvalue weighted by atomic mass is 10.1. The van der Waals surface area contributed by atoms with Gasteiger partial charge in [0.1, 0.15) is 4.88 Å². The minimum absolute atomic E-state index is 0.226. The fourth-order valence-corrected chi connectivity index (χ4v) is 3.10. The molecule has 1 aromatic carbocycles. The van der Waals surface area contributed by atoms with Gasteiger partial charge < -0.3 is 9.94 Å². The second kappa shape index (κ2) is 6.93. The third-order valence-corrected chi connectivity index (χ3v) is 4.29. The summed E-state index contributed by atoms with van der Waals surface area (Å²) in [6, 6.07) is 8.25. The van der Waals surface area contributed by atoms with Gasteiger partial charge in [-0.2, -0.15) is 0 Å². The molecule has 0 fully saturated rings. The number of halogens is 2. The number of hydrogen-bond donors (Lipinski definition) is 1. The summed E-state index contributed by atoms with van der Waals surface area (Å²) < 4.78 is 0. The van der Waals surface area contributed by atoms with Crippen molar-refractivity contribution in [2.75, 3.05) is 0 Å². The van der Waals surface area contributed by atoms with Crippen LogP contribution in [-0.4, -0.2) is 17.3 Å². The van der Waals surface area contributed by atoms with Gasteiger partial charge in [0, 0.05) is 21.8 Å². The Morgan fingerprint density at radius 2 is 2.14 bits per heavy atom. The summed E-state index contributed by atoms with van der Waals surface area (Å²) in [7, 11) is 0. The van der Waals surface area contributed by atoms with Crippen molar-refractivity contribution in [1.82, 2.24) is 0 Å². The summed E-state index contributed by atoms with van der Waals surface area (Å²) in [5, 5.41) is 13.7. The van der Waals surface area contributed by atoms with Gasteiger partial charge in [-0.25, -0.2) is 4.79 Å². The highest BCUT2D eigenvalue weighted by Crippen LogP contribution is 2.36. The monoisotopic (exact) mass is 343 g/mol. The van der Waals surface area contributed by atoms with Crippen LogP contribution < -0.4 is 0 Å². The van der Waals surface area contributed by atoms with Crippen LogP contribution >= 0.6 is 34.5 Å². The molecule has 0 aliphatic rings. The maximum absolute atomic E-state index is 11.0. The Labute approximate surface area is 135 Å². The molecule has 1 aromatic heterocycles. The lowest BCUT2D eigenvalue weighted by Crippen LogP contribution is -2.02. The Bertz CT molecular complexity index is 685. The fourth-order valence-electron chi connectivity index (χ4n) is 1.71. The Morgan fingerprint density at radius 1 is 1.38 bits per heavy atom. The number of carboxylic acid groups (broad SMARTS) is 1. The molecule has 2 rings (SSSR count). The van der Waals surface area contributed by atoms with Gasteiger partial charge in [0.15, 0.2) is 6.10 Å². The average molecular weight is 344 g/mol. The Morgan fingerprint density at radius 3 is 2.71 bits per heavy atom. The van der Waals surface area contributed by atoms with Crippen LogP contribution in [0.5, 0.6) is 0 Å². The molecule has 0 spiro atoms. The Kier molecular flexibility index (Phi) is 5.22. The van der Waals surface area contributed by atoms with E-state index in [9.17, 15) is 4.79 Å². The van der Waals surface area contributed by atoms with Gasteiger partial charge in [-0.1, -0.05) is 34.4 Å². The molecule has 1 heterocycles. The van der Waals surface area contributed by atoms with Crippen molar-refractivity contribution in [2.45, 2.75) is 13.0 Å². The summed E-state index contributed by atoms with van der Waals surface area (Å²) in [6.07, 6.45) is 0.923. The zero-order valence-corrected chi connectivity index (χ0v) is 13.2. The van der Waals surface area contributed by atoms with Crippen LogP contribution in [0.4, 0.5) is 0 Å². The maximum Gasteiger partial charge on any atom is 0.345 e. The first kappa shape index (κ1) is 15.8. The Balaban J connectivity index is 2.43. The molecule has 110 valence electrons. The molecular weight excluding hydrogens is 333 g/mol. The van der Waals surface area contributed by atoms with Crippen LogP contribution in [0.25, 0.3) is 0 Å². The third kappa shape index (κ3) is 3.75. The largest absolute Gasteiger partial charge is 0.477 e. The second-order valence-electron chi connectivity index (χ2n) is 4.02. The van der Waals surface area contributed by atoms with E-state index in [-0.39, 0.29) is 4.88 Å². The molecule has 1 N–H and O–H groups in total. The molecule has 4 nitrogen and oxygen atoms in total. The van der Waals surface area contributed by atoms with Crippen molar-refractivity contribution in [3.05, 3.63) is 55.7 Å². The smallest absolute Gasteiger partial charge is 0.345 e.